The third kappa shape index (κ3) is 2.91. The van der Waals surface area contributed by atoms with E-state index in [9.17, 15) is 13.6 Å². The van der Waals surface area contributed by atoms with E-state index in [2.05, 4.69) is 23.7 Å². The van der Waals surface area contributed by atoms with Gasteiger partial charge in [0.1, 0.15) is 5.69 Å². The minimum absolute atomic E-state index is 0.0579. The van der Waals surface area contributed by atoms with E-state index in [1.54, 1.807) is 6.07 Å². The molecule has 0 aromatic carbocycles. The molecule has 3 rings (SSSR count). The van der Waals surface area contributed by atoms with Crippen molar-refractivity contribution in [2.45, 2.75) is 56.9 Å². The quantitative estimate of drug-likeness (QED) is 0.780. The Bertz CT molecular complexity index is 621. The highest BCUT2D eigenvalue weighted by atomic mass is 19.3. The van der Waals surface area contributed by atoms with Crippen LogP contribution in [0.2, 0.25) is 0 Å². The van der Waals surface area contributed by atoms with Gasteiger partial charge in [-0.15, -0.1) is 0 Å². The highest BCUT2D eigenvalue weighted by Crippen LogP contribution is 2.44. The second-order valence-electron chi connectivity index (χ2n) is 7.15. The lowest BCUT2D eigenvalue weighted by molar-refractivity contribution is -0.0381. The van der Waals surface area contributed by atoms with Gasteiger partial charge in [0.05, 0.1) is 18.5 Å². The summed E-state index contributed by atoms with van der Waals surface area (Å²) in [7, 11) is 1.33. The van der Waals surface area contributed by atoms with Crippen molar-refractivity contribution in [3.63, 3.8) is 0 Å². The SMILES string of the molecule is COC(=O)c1ccc2c(n1)C(C)(C)CN2C1CCC(F)(F)CC1. The number of fused-ring (bicyclic) bond motifs is 1. The van der Waals surface area contributed by atoms with Crippen LogP contribution in [0.4, 0.5) is 14.5 Å². The Hall–Kier alpha value is -1.72. The number of aromatic nitrogens is 1. The van der Waals surface area contributed by atoms with Gasteiger partial charge >= 0.3 is 5.97 Å². The van der Waals surface area contributed by atoms with Crippen LogP contribution < -0.4 is 4.90 Å². The smallest absolute Gasteiger partial charge is 0.356 e. The van der Waals surface area contributed by atoms with Gasteiger partial charge in [0.25, 0.3) is 0 Å². The van der Waals surface area contributed by atoms with Crippen LogP contribution in [0.15, 0.2) is 12.1 Å². The fourth-order valence-corrected chi connectivity index (χ4v) is 3.65. The van der Waals surface area contributed by atoms with Crippen molar-refractivity contribution in [3.05, 3.63) is 23.5 Å². The number of carbonyl (C=O) groups excluding carboxylic acids is 1. The first-order valence-electron chi connectivity index (χ1n) is 7.98. The van der Waals surface area contributed by atoms with Gasteiger partial charge < -0.3 is 9.64 Å². The highest BCUT2D eigenvalue weighted by molar-refractivity contribution is 5.88. The van der Waals surface area contributed by atoms with Crippen LogP contribution in [0, 0.1) is 0 Å². The van der Waals surface area contributed by atoms with Gasteiger partial charge in [-0.1, -0.05) is 13.8 Å². The van der Waals surface area contributed by atoms with Crippen molar-refractivity contribution in [2.75, 3.05) is 18.6 Å². The maximum absolute atomic E-state index is 13.4. The molecule has 0 saturated heterocycles. The Kier molecular flexibility index (Phi) is 3.81. The molecule has 1 aliphatic heterocycles. The lowest BCUT2D eigenvalue weighted by Gasteiger charge is -2.36. The van der Waals surface area contributed by atoms with Crippen LogP contribution in [-0.4, -0.2) is 36.6 Å². The Morgan fingerprint density at radius 2 is 1.96 bits per heavy atom. The number of anilines is 1. The van der Waals surface area contributed by atoms with Gasteiger partial charge in [-0.2, -0.15) is 0 Å². The molecule has 0 radical (unpaired) electrons. The maximum atomic E-state index is 13.4. The summed E-state index contributed by atoms with van der Waals surface area (Å²) < 4.78 is 31.6. The third-order valence-corrected chi connectivity index (χ3v) is 4.91. The van der Waals surface area contributed by atoms with Crippen LogP contribution in [-0.2, 0) is 10.2 Å². The minimum atomic E-state index is -2.53. The molecule has 4 nitrogen and oxygen atoms in total. The first-order valence-corrected chi connectivity index (χ1v) is 7.98. The van der Waals surface area contributed by atoms with Gasteiger partial charge in [0, 0.05) is 30.8 Å². The molecular formula is C17H22F2N2O2. The fraction of sp³-hybridized carbons (Fsp3) is 0.647. The number of carbonyl (C=O) groups is 1. The van der Waals surface area contributed by atoms with Gasteiger partial charge in [0.2, 0.25) is 5.92 Å². The zero-order chi connectivity index (χ0) is 16.8. The van der Waals surface area contributed by atoms with Crippen molar-refractivity contribution >= 4 is 11.7 Å². The molecule has 1 aliphatic carbocycles. The van der Waals surface area contributed by atoms with Crippen molar-refractivity contribution in [2.24, 2.45) is 0 Å². The zero-order valence-electron chi connectivity index (χ0n) is 13.7. The van der Waals surface area contributed by atoms with Crippen molar-refractivity contribution in [1.29, 1.82) is 0 Å². The van der Waals surface area contributed by atoms with E-state index in [0.717, 1.165) is 17.9 Å². The molecule has 2 aliphatic rings. The number of pyridine rings is 1. The maximum Gasteiger partial charge on any atom is 0.356 e. The molecule has 1 saturated carbocycles. The predicted molar refractivity (Wildman–Crippen MR) is 83.2 cm³/mol. The van der Waals surface area contributed by atoms with E-state index in [0.29, 0.717) is 12.8 Å². The van der Waals surface area contributed by atoms with Crippen LogP contribution in [0.25, 0.3) is 0 Å². The molecule has 2 heterocycles. The molecule has 23 heavy (non-hydrogen) atoms. The summed E-state index contributed by atoms with van der Waals surface area (Å²) in [5, 5.41) is 0. The number of ether oxygens (including phenoxy) is 1. The fourth-order valence-electron chi connectivity index (χ4n) is 3.65. The van der Waals surface area contributed by atoms with Crippen LogP contribution >= 0.6 is 0 Å². The van der Waals surface area contributed by atoms with Gasteiger partial charge in [-0.05, 0) is 25.0 Å². The summed E-state index contributed by atoms with van der Waals surface area (Å²) in [5.74, 6) is -2.99. The molecule has 1 aromatic heterocycles. The average Bonchev–Trinajstić information content (AvgIpc) is 2.78. The lowest BCUT2D eigenvalue weighted by atomic mass is 9.89. The summed E-state index contributed by atoms with van der Waals surface area (Å²) >= 11 is 0. The monoisotopic (exact) mass is 324 g/mol. The van der Waals surface area contributed by atoms with E-state index in [-0.39, 0.29) is 30.0 Å². The van der Waals surface area contributed by atoms with Gasteiger partial charge in [0.15, 0.2) is 0 Å². The number of halogens is 2. The number of rotatable bonds is 2. The van der Waals surface area contributed by atoms with E-state index < -0.39 is 11.9 Å². The summed E-state index contributed by atoms with van der Waals surface area (Å²) in [6.07, 6.45) is 0.859. The van der Waals surface area contributed by atoms with Crippen LogP contribution in [0.5, 0.6) is 0 Å². The van der Waals surface area contributed by atoms with Crippen molar-refractivity contribution in [1.82, 2.24) is 4.98 Å². The lowest BCUT2D eigenvalue weighted by Crippen LogP contribution is -2.42. The van der Waals surface area contributed by atoms with Crippen molar-refractivity contribution in [3.8, 4) is 0 Å². The van der Waals surface area contributed by atoms with Crippen LogP contribution in [0.1, 0.15) is 55.7 Å². The molecule has 0 atom stereocenters. The summed E-state index contributed by atoms with van der Waals surface area (Å²) in [5.41, 5.74) is 1.87. The second kappa shape index (κ2) is 5.42. The van der Waals surface area contributed by atoms with E-state index >= 15 is 0 Å². The predicted octanol–water partition coefficient (Wildman–Crippen LogP) is 3.54. The molecule has 1 fully saturated rings. The molecule has 1 aromatic rings. The summed E-state index contributed by atoms with van der Waals surface area (Å²) in [4.78, 5) is 18.4. The van der Waals surface area contributed by atoms with Crippen molar-refractivity contribution < 1.29 is 18.3 Å². The molecule has 6 heteroatoms. The second-order valence-corrected chi connectivity index (χ2v) is 7.15. The Balaban J connectivity index is 1.89. The Morgan fingerprint density at radius 3 is 2.57 bits per heavy atom. The summed E-state index contributed by atoms with van der Waals surface area (Å²) in [6, 6.07) is 3.63. The summed E-state index contributed by atoms with van der Waals surface area (Å²) in [6.45, 7) is 4.87. The largest absolute Gasteiger partial charge is 0.464 e. The van der Waals surface area contributed by atoms with Gasteiger partial charge in [-0.3, -0.25) is 0 Å². The van der Waals surface area contributed by atoms with E-state index in [1.165, 1.54) is 7.11 Å². The number of esters is 1. The number of hydrogen-bond donors (Lipinski definition) is 0. The number of hydrogen-bond acceptors (Lipinski definition) is 4. The third-order valence-electron chi connectivity index (χ3n) is 4.91. The molecule has 126 valence electrons. The molecule has 0 bridgehead atoms. The van der Waals surface area contributed by atoms with Crippen LogP contribution in [0.3, 0.4) is 0 Å². The van der Waals surface area contributed by atoms with E-state index in [1.807, 2.05) is 6.07 Å². The highest BCUT2D eigenvalue weighted by Gasteiger charge is 2.43. The first kappa shape index (κ1) is 16.1. The normalized spacial score (nSPS) is 22.7. The topological polar surface area (TPSA) is 42.4 Å². The number of methoxy groups -OCH3 is 1. The standard InChI is InChI=1S/C17H22F2N2O2/c1-16(2)10-21(11-6-8-17(18,19)9-7-11)13-5-4-12(15(22)23-3)20-14(13)16/h4-5,11H,6-10H2,1-3H3. The average molecular weight is 324 g/mol. The minimum Gasteiger partial charge on any atom is -0.464 e. The molecule has 0 spiro atoms. The molecule has 0 N–H and O–H groups in total. The molecule has 0 unspecified atom stereocenters. The zero-order valence-corrected chi connectivity index (χ0v) is 13.7. The first-order chi connectivity index (χ1) is 10.7. The van der Waals surface area contributed by atoms with Gasteiger partial charge in [-0.25, -0.2) is 18.6 Å². The Labute approximate surface area is 134 Å². The van der Waals surface area contributed by atoms with E-state index in [4.69, 9.17) is 4.74 Å². The molecule has 0 amide bonds. The number of nitrogens with zero attached hydrogens (tertiary/aromatic N) is 2. The molecular weight excluding hydrogens is 302 g/mol. The Morgan fingerprint density at radius 1 is 1.30 bits per heavy atom. The number of alkyl halides is 2.